The number of hydrogen-bond donors (Lipinski definition) is 0. The molecule has 0 bridgehead atoms. The fourth-order valence-corrected chi connectivity index (χ4v) is 2.74. The Balaban J connectivity index is 2.07. The third-order valence-electron chi connectivity index (χ3n) is 3.80. The number of ether oxygens (including phenoxy) is 1. The molecule has 1 aliphatic heterocycles. The van der Waals surface area contributed by atoms with Crippen LogP contribution in [0.25, 0.3) is 0 Å². The Labute approximate surface area is 109 Å². The predicted molar refractivity (Wildman–Crippen MR) is 71.3 cm³/mol. The van der Waals surface area contributed by atoms with Gasteiger partial charge in [0, 0.05) is 6.54 Å². The molecule has 1 fully saturated rings. The van der Waals surface area contributed by atoms with E-state index < -0.39 is 0 Å². The van der Waals surface area contributed by atoms with E-state index in [0.29, 0.717) is 5.92 Å². The lowest BCUT2D eigenvalue weighted by atomic mass is 9.81. The van der Waals surface area contributed by atoms with Crippen LogP contribution in [0.3, 0.4) is 0 Å². The number of rotatable bonds is 3. The predicted octanol–water partition coefficient (Wildman–Crippen LogP) is 1.97. The topological polar surface area (TPSA) is 29.5 Å². The highest BCUT2D eigenvalue weighted by atomic mass is 16.5. The third-order valence-corrected chi connectivity index (χ3v) is 3.80. The first-order valence-electron chi connectivity index (χ1n) is 6.51. The number of likely N-dealkylation sites (tertiary alicyclic amines) is 1. The lowest BCUT2D eigenvalue weighted by molar-refractivity contribution is -0.149. The highest BCUT2D eigenvalue weighted by Gasteiger charge is 2.33. The molecule has 1 aliphatic rings. The van der Waals surface area contributed by atoms with Crippen molar-refractivity contribution < 1.29 is 9.53 Å². The van der Waals surface area contributed by atoms with Gasteiger partial charge in [0.05, 0.1) is 13.0 Å². The summed E-state index contributed by atoms with van der Waals surface area (Å²) in [6.45, 7) is 1.87. The van der Waals surface area contributed by atoms with Gasteiger partial charge in [0.1, 0.15) is 0 Å². The molecule has 1 aromatic carbocycles. The van der Waals surface area contributed by atoms with Gasteiger partial charge in [-0.25, -0.2) is 0 Å². The highest BCUT2D eigenvalue weighted by molar-refractivity contribution is 5.73. The summed E-state index contributed by atoms with van der Waals surface area (Å²) in [6, 6.07) is 10.4. The van der Waals surface area contributed by atoms with Crippen molar-refractivity contribution in [2.75, 3.05) is 27.2 Å². The normalized spacial score (nSPS) is 24.8. The quantitative estimate of drug-likeness (QED) is 0.765. The average Bonchev–Trinajstić information content (AvgIpc) is 2.41. The van der Waals surface area contributed by atoms with E-state index in [1.165, 1.54) is 12.7 Å². The molecular formula is C15H21NO2. The maximum Gasteiger partial charge on any atom is 0.310 e. The maximum atomic E-state index is 11.9. The van der Waals surface area contributed by atoms with Crippen LogP contribution in [0.2, 0.25) is 0 Å². The van der Waals surface area contributed by atoms with Crippen molar-refractivity contribution in [3.8, 4) is 0 Å². The molecule has 2 atom stereocenters. The summed E-state index contributed by atoms with van der Waals surface area (Å²) in [4.78, 5) is 14.1. The Hall–Kier alpha value is -1.35. The highest BCUT2D eigenvalue weighted by Crippen LogP contribution is 2.27. The Morgan fingerprint density at radius 3 is 2.78 bits per heavy atom. The minimum absolute atomic E-state index is 0.00829. The van der Waals surface area contributed by atoms with Crippen LogP contribution < -0.4 is 0 Å². The molecule has 0 radical (unpaired) electrons. The first-order chi connectivity index (χ1) is 8.70. The van der Waals surface area contributed by atoms with Gasteiger partial charge in [-0.15, -0.1) is 0 Å². The van der Waals surface area contributed by atoms with Gasteiger partial charge in [0.25, 0.3) is 0 Å². The summed E-state index contributed by atoms with van der Waals surface area (Å²) >= 11 is 0. The summed E-state index contributed by atoms with van der Waals surface area (Å²) in [7, 11) is 3.55. The van der Waals surface area contributed by atoms with E-state index in [1.54, 1.807) is 0 Å². The molecule has 0 amide bonds. The van der Waals surface area contributed by atoms with Crippen molar-refractivity contribution in [3.63, 3.8) is 0 Å². The molecule has 2 rings (SSSR count). The van der Waals surface area contributed by atoms with Gasteiger partial charge >= 0.3 is 5.97 Å². The van der Waals surface area contributed by atoms with Crippen LogP contribution in [-0.4, -0.2) is 38.1 Å². The molecule has 0 aromatic heterocycles. The Kier molecular flexibility index (Phi) is 4.37. The average molecular weight is 247 g/mol. The van der Waals surface area contributed by atoms with E-state index in [4.69, 9.17) is 4.74 Å². The Morgan fingerprint density at radius 2 is 2.11 bits per heavy atom. The number of carbonyl (C=O) groups is 1. The van der Waals surface area contributed by atoms with Crippen molar-refractivity contribution in [2.45, 2.75) is 12.8 Å². The monoisotopic (exact) mass is 247 g/mol. The largest absolute Gasteiger partial charge is 0.469 e. The van der Waals surface area contributed by atoms with Gasteiger partial charge in [-0.3, -0.25) is 4.79 Å². The molecule has 1 saturated heterocycles. The molecule has 0 saturated carbocycles. The first-order valence-corrected chi connectivity index (χ1v) is 6.51. The molecule has 0 N–H and O–H groups in total. The summed E-state index contributed by atoms with van der Waals surface area (Å²) in [5, 5.41) is 0. The zero-order valence-electron chi connectivity index (χ0n) is 11.1. The van der Waals surface area contributed by atoms with E-state index in [9.17, 15) is 4.79 Å². The van der Waals surface area contributed by atoms with Gasteiger partial charge in [-0.2, -0.15) is 0 Å². The first kappa shape index (κ1) is 13.1. The van der Waals surface area contributed by atoms with E-state index in [1.807, 2.05) is 6.07 Å². The number of hydrogen-bond acceptors (Lipinski definition) is 3. The van der Waals surface area contributed by atoms with Gasteiger partial charge in [0.15, 0.2) is 0 Å². The Bertz CT molecular complexity index is 391. The Morgan fingerprint density at radius 1 is 1.39 bits per heavy atom. The lowest BCUT2D eigenvalue weighted by Crippen LogP contribution is -2.43. The molecule has 0 unspecified atom stereocenters. The van der Waals surface area contributed by atoms with Crippen LogP contribution in [0.15, 0.2) is 30.3 Å². The van der Waals surface area contributed by atoms with Crippen LogP contribution in [-0.2, 0) is 16.0 Å². The number of methoxy groups -OCH3 is 1. The van der Waals surface area contributed by atoms with Crippen LogP contribution in [0.4, 0.5) is 0 Å². The van der Waals surface area contributed by atoms with Crippen molar-refractivity contribution in [2.24, 2.45) is 11.8 Å². The zero-order valence-corrected chi connectivity index (χ0v) is 11.1. The molecule has 3 heteroatoms. The molecular weight excluding hydrogens is 226 g/mol. The van der Waals surface area contributed by atoms with E-state index in [-0.39, 0.29) is 11.9 Å². The number of benzene rings is 1. The summed E-state index contributed by atoms with van der Waals surface area (Å²) in [5.74, 6) is 0.340. The molecule has 3 nitrogen and oxygen atoms in total. The second-order valence-electron chi connectivity index (χ2n) is 5.13. The minimum atomic E-state index is -0.0671. The molecule has 18 heavy (non-hydrogen) atoms. The number of piperidine rings is 1. The van der Waals surface area contributed by atoms with E-state index in [2.05, 4.69) is 36.2 Å². The van der Waals surface area contributed by atoms with Crippen LogP contribution in [0.1, 0.15) is 12.0 Å². The van der Waals surface area contributed by atoms with E-state index in [0.717, 1.165) is 25.9 Å². The second kappa shape index (κ2) is 6.01. The maximum absolute atomic E-state index is 11.9. The lowest BCUT2D eigenvalue weighted by Gasteiger charge is -2.35. The molecule has 0 aliphatic carbocycles. The van der Waals surface area contributed by atoms with Crippen molar-refractivity contribution >= 4 is 5.97 Å². The van der Waals surface area contributed by atoms with Gasteiger partial charge in [0.2, 0.25) is 0 Å². The summed E-state index contributed by atoms with van der Waals surface area (Å²) in [6.07, 6.45) is 2.03. The fraction of sp³-hybridized carbons (Fsp3) is 0.533. The minimum Gasteiger partial charge on any atom is -0.469 e. The number of nitrogens with zero attached hydrogens (tertiary/aromatic N) is 1. The molecule has 0 spiro atoms. The van der Waals surface area contributed by atoms with Crippen LogP contribution in [0.5, 0.6) is 0 Å². The van der Waals surface area contributed by atoms with Gasteiger partial charge in [-0.05, 0) is 37.9 Å². The zero-order chi connectivity index (χ0) is 13.0. The summed E-state index contributed by atoms with van der Waals surface area (Å²) < 4.78 is 4.94. The standard InChI is InChI=1S/C15H21NO2/c1-16-9-8-13(14(11-16)15(17)18-2)10-12-6-4-3-5-7-12/h3-7,13-14H,8-11H2,1-2H3/t13-,14+/m1/s1. The van der Waals surface area contributed by atoms with Gasteiger partial charge in [-0.1, -0.05) is 30.3 Å². The van der Waals surface area contributed by atoms with Crippen molar-refractivity contribution in [1.82, 2.24) is 4.90 Å². The summed E-state index contributed by atoms with van der Waals surface area (Å²) in [5.41, 5.74) is 1.31. The van der Waals surface area contributed by atoms with Crippen LogP contribution >= 0.6 is 0 Å². The van der Waals surface area contributed by atoms with Crippen LogP contribution in [0, 0.1) is 11.8 Å². The third kappa shape index (κ3) is 3.10. The van der Waals surface area contributed by atoms with Crippen molar-refractivity contribution in [1.29, 1.82) is 0 Å². The fourth-order valence-electron chi connectivity index (χ4n) is 2.74. The smallest absolute Gasteiger partial charge is 0.310 e. The number of carbonyl (C=O) groups excluding carboxylic acids is 1. The van der Waals surface area contributed by atoms with Crippen molar-refractivity contribution in [3.05, 3.63) is 35.9 Å². The second-order valence-corrected chi connectivity index (χ2v) is 5.13. The SMILES string of the molecule is COC(=O)[C@H]1CN(C)CC[C@@H]1Cc1ccccc1. The van der Waals surface area contributed by atoms with E-state index >= 15 is 0 Å². The number of esters is 1. The molecule has 1 aromatic rings. The molecule has 1 heterocycles. The van der Waals surface area contributed by atoms with Gasteiger partial charge < -0.3 is 9.64 Å². The molecule has 98 valence electrons.